The van der Waals surface area contributed by atoms with Gasteiger partial charge in [0.05, 0.1) is 32.0 Å². The molecule has 0 aromatic heterocycles. The summed E-state index contributed by atoms with van der Waals surface area (Å²) in [6, 6.07) is 0. The average molecular weight is 889 g/mol. The van der Waals surface area contributed by atoms with Gasteiger partial charge in [-0.1, -0.05) is 193 Å². The number of rotatable bonds is 46. The number of carbonyl (C=O) groups is 2. The molecule has 1 aliphatic heterocycles. The van der Waals surface area contributed by atoms with Crippen molar-refractivity contribution in [1.29, 1.82) is 0 Å². The Balaban J connectivity index is 2.16. The SMILES string of the molecule is CCCCCC1OC1C/C=C\CCCCCCCC(=O)OC[C@H](COP(=O)(O)OC[C@@H](O)CO)OC(=O)CCCCCCCCCCCCCCCCCCCCC(C)CC. The number of phosphoric acid groups is 1. The molecular formula is C49H93O11P. The Morgan fingerprint density at radius 2 is 1.15 bits per heavy atom. The number of hydrogen-bond acceptors (Lipinski definition) is 10. The number of allylic oxidation sites excluding steroid dienone is 1. The number of esters is 2. The molecule has 1 saturated heterocycles. The number of phosphoric ester groups is 1. The molecule has 0 bridgehead atoms. The molecule has 1 rings (SSSR count). The van der Waals surface area contributed by atoms with E-state index in [4.69, 9.17) is 28.4 Å². The smallest absolute Gasteiger partial charge is 0.462 e. The van der Waals surface area contributed by atoms with Gasteiger partial charge in [0.25, 0.3) is 0 Å². The van der Waals surface area contributed by atoms with E-state index in [-0.39, 0.29) is 19.4 Å². The summed E-state index contributed by atoms with van der Waals surface area (Å²) in [5, 5.41) is 18.4. The highest BCUT2D eigenvalue weighted by molar-refractivity contribution is 7.47. The van der Waals surface area contributed by atoms with Crippen molar-refractivity contribution >= 4 is 19.8 Å². The number of hydrogen-bond donors (Lipinski definition) is 3. The molecule has 1 aliphatic rings. The third-order valence-corrected chi connectivity index (χ3v) is 12.8. The standard InChI is InChI=1S/C49H93O11P/c1-4-6-29-35-46-47(60-46)36-31-26-22-19-20-23-27-32-37-48(52)56-41-45(42-58-61(54,55)57-40-44(51)39-50)59-49(53)38-33-28-24-18-16-14-12-10-8-7-9-11-13-15-17-21-25-30-34-43(3)5-2/h26,31,43-47,50-51H,4-25,27-30,32-42H2,1-3H3,(H,54,55)/b31-26-/t43?,44-,45+,46?,47?/m0/s1. The quantitative estimate of drug-likeness (QED) is 0.0175. The Kier molecular flexibility index (Phi) is 38.0. The second kappa shape index (κ2) is 40.2. The molecule has 6 atom stereocenters. The van der Waals surface area contributed by atoms with Gasteiger partial charge in [-0.25, -0.2) is 4.57 Å². The van der Waals surface area contributed by atoms with E-state index in [9.17, 15) is 24.2 Å². The summed E-state index contributed by atoms with van der Waals surface area (Å²) in [7, 11) is -4.62. The van der Waals surface area contributed by atoms with Gasteiger partial charge < -0.3 is 29.3 Å². The molecule has 1 fully saturated rings. The first kappa shape index (κ1) is 57.7. The van der Waals surface area contributed by atoms with Gasteiger partial charge in [-0.05, 0) is 44.4 Å². The zero-order valence-electron chi connectivity index (χ0n) is 39.3. The van der Waals surface area contributed by atoms with Crippen molar-refractivity contribution in [1.82, 2.24) is 0 Å². The topological polar surface area (TPSA) is 161 Å². The third-order valence-electron chi connectivity index (χ3n) is 11.9. The van der Waals surface area contributed by atoms with Crippen LogP contribution in [0, 0.1) is 5.92 Å². The summed E-state index contributed by atoms with van der Waals surface area (Å²) in [5.41, 5.74) is 0. The Bertz CT molecular complexity index is 1100. The molecule has 0 aliphatic carbocycles. The van der Waals surface area contributed by atoms with Crippen LogP contribution in [0.3, 0.4) is 0 Å². The maximum absolute atomic E-state index is 12.7. The molecular weight excluding hydrogens is 796 g/mol. The summed E-state index contributed by atoms with van der Waals surface area (Å²) in [6.07, 6.45) is 40.6. The molecule has 4 unspecified atom stereocenters. The van der Waals surface area contributed by atoms with Crippen molar-refractivity contribution in [2.45, 2.75) is 257 Å². The fourth-order valence-electron chi connectivity index (χ4n) is 7.51. The highest BCUT2D eigenvalue weighted by atomic mass is 31.2. The lowest BCUT2D eigenvalue weighted by Crippen LogP contribution is -2.29. The lowest BCUT2D eigenvalue weighted by atomic mass is 9.99. The summed E-state index contributed by atoms with van der Waals surface area (Å²) >= 11 is 0. The van der Waals surface area contributed by atoms with Crippen molar-refractivity contribution in [3.8, 4) is 0 Å². The number of unbranched alkanes of at least 4 members (excludes halogenated alkanes) is 24. The van der Waals surface area contributed by atoms with Crippen molar-refractivity contribution in [3.63, 3.8) is 0 Å². The molecule has 0 aromatic carbocycles. The van der Waals surface area contributed by atoms with Crippen LogP contribution in [0.15, 0.2) is 12.2 Å². The molecule has 3 N–H and O–H groups in total. The van der Waals surface area contributed by atoms with Crippen LogP contribution in [0.1, 0.15) is 233 Å². The minimum absolute atomic E-state index is 0.184. The Morgan fingerprint density at radius 3 is 1.69 bits per heavy atom. The van der Waals surface area contributed by atoms with Crippen LogP contribution in [-0.2, 0) is 37.4 Å². The molecule has 0 spiro atoms. The van der Waals surface area contributed by atoms with E-state index in [0.29, 0.717) is 25.0 Å². The van der Waals surface area contributed by atoms with E-state index in [1.165, 1.54) is 128 Å². The second-order valence-electron chi connectivity index (χ2n) is 17.8. The van der Waals surface area contributed by atoms with Crippen LogP contribution >= 0.6 is 7.82 Å². The molecule has 360 valence electrons. The van der Waals surface area contributed by atoms with E-state index in [2.05, 4.69) is 32.9 Å². The molecule has 1 heterocycles. The fraction of sp³-hybridized carbons (Fsp3) is 0.918. The number of aliphatic hydroxyl groups excluding tert-OH is 2. The number of ether oxygens (including phenoxy) is 3. The van der Waals surface area contributed by atoms with Gasteiger partial charge in [0, 0.05) is 12.8 Å². The monoisotopic (exact) mass is 889 g/mol. The predicted molar refractivity (Wildman–Crippen MR) is 246 cm³/mol. The first-order valence-corrected chi connectivity index (χ1v) is 26.7. The van der Waals surface area contributed by atoms with Gasteiger partial charge in [0.2, 0.25) is 0 Å². The zero-order valence-corrected chi connectivity index (χ0v) is 40.2. The normalized spacial score (nSPS) is 17.6. The number of aliphatic hydroxyl groups is 2. The number of epoxide rings is 1. The predicted octanol–water partition coefficient (Wildman–Crippen LogP) is 12.8. The first-order valence-electron chi connectivity index (χ1n) is 25.2. The van der Waals surface area contributed by atoms with Crippen LogP contribution in [0.4, 0.5) is 0 Å². The lowest BCUT2D eigenvalue weighted by Gasteiger charge is -2.20. The summed E-state index contributed by atoms with van der Waals surface area (Å²) in [4.78, 5) is 35.2. The van der Waals surface area contributed by atoms with Gasteiger partial charge >= 0.3 is 19.8 Å². The Labute approximate surface area is 372 Å². The molecule has 0 amide bonds. The first-order chi connectivity index (χ1) is 29.6. The highest BCUT2D eigenvalue weighted by Gasteiger charge is 2.36. The van der Waals surface area contributed by atoms with E-state index in [0.717, 1.165) is 63.7 Å². The summed E-state index contributed by atoms with van der Waals surface area (Å²) in [6.45, 7) is 4.76. The molecule has 11 nitrogen and oxygen atoms in total. The van der Waals surface area contributed by atoms with E-state index in [1.54, 1.807) is 0 Å². The molecule has 61 heavy (non-hydrogen) atoms. The van der Waals surface area contributed by atoms with Gasteiger partial charge in [0.1, 0.15) is 12.7 Å². The fourth-order valence-corrected chi connectivity index (χ4v) is 8.30. The van der Waals surface area contributed by atoms with Crippen molar-refractivity contribution in [3.05, 3.63) is 12.2 Å². The minimum atomic E-state index is -4.62. The molecule has 0 aromatic rings. The lowest BCUT2D eigenvalue weighted by molar-refractivity contribution is -0.161. The maximum atomic E-state index is 12.7. The van der Waals surface area contributed by atoms with Gasteiger partial charge in [-0.15, -0.1) is 0 Å². The van der Waals surface area contributed by atoms with Crippen LogP contribution in [0.5, 0.6) is 0 Å². The van der Waals surface area contributed by atoms with Gasteiger partial charge in [0.15, 0.2) is 6.10 Å². The average Bonchev–Trinajstić information content (AvgIpc) is 4.01. The van der Waals surface area contributed by atoms with Crippen LogP contribution in [0.25, 0.3) is 0 Å². The molecule has 12 heteroatoms. The highest BCUT2D eigenvalue weighted by Crippen LogP contribution is 2.43. The number of carbonyl (C=O) groups excluding carboxylic acids is 2. The van der Waals surface area contributed by atoms with Crippen molar-refractivity contribution in [2.24, 2.45) is 5.92 Å². The largest absolute Gasteiger partial charge is 0.472 e. The Hall–Kier alpha value is -1.33. The second-order valence-corrected chi connectivity index (χ2v) is 19.3. The van der Waals surface area contributed by atoms with Gasteiger partial charge in [-0.3, -0.25) is 18.6 Å². The van der Waals surface area contributed by atoms with E-state index in [1.807, 2.05) is 0 Å². The minimum Gasteiger partial charge on any atom is -0.462 e. The van der Waals surface area contributed by atoms with Crippen LogP contribution < -0.4 is 0 Å². The van der Waals surface area contributed by atoms with E-state index >= 15 is 0 Å². The van der Waals surface area contributed by atoms with Gasteiger partial charge in [-0.2, -0.15) is 0 Å². The van der Waals surface area contributed by atoms with Crippen LogP contribution in [0.2, 0.25) is 0 Å². The van der Waals surface area contributed by atoms with Crippen molar-refractivity contribution in [2.75, 3.05) is 26.4 Å². The Morgan fingerprint density at radius 1 is 0.639 bits per heavy atom. The van der Waals surface area contributed by atoms with Crippen molar-refractivity contribution < 1.29 is 52.5 Å². The van der Waals surface area contributed by atoms with Crippen LogP contribution in [-0.4, -0.2) is 77.9 Å². The summed E-state index contributed by atoms with van der Waals surface area (Å²) < 4.78 is 38.6. The molecule has 0 saturated carbocycles. The summed E-state index contributed by atoms with van der Waals surface area (Å²) in [5.74, 6) is -0.0421. The maximum Gasteiger partial charge on any atom is 0.472 e. The van der Waals surface area contributed by atoms with E-state index < -0.39 is 51.8 Å². The zero-order chi connectivity index (χ0) is 44.7. The molecule has 0 radical (unpaired) electrons. The third kappa shape index (κ3) is 37.7.